The molecule has 1 amide bonds. The van der Waals surface area contributed by atoms with E-state index in [0.717, 1.165) is 18.7 Å². The molecule has 3 rings (SSSR count). The summed E-state index contributed by atoms with van der Waals surface area (Å²) in [4.78, 5) is 22.0. The fourth-order valence-corrected chi connectivity index (χ4v) is 3.76. The van der Waals surface area contributed by atoms with E-state index < -0.39 is 10.0 Å². The summed E-state index contributed by atoms with van der Waals surface area (Å²) in [5, 5.41) is 0. The maximum absolute atomic E-state index is 12.8. The Morgan fingerprint density at radius 1 is 1.42 bits per heavy atom. The number of amides is 1. The van der Waals surface area contributed by atoms with Gasteiger partial charge in [0.2, 0.25) is 10.0 Å². The summed E-state index contributed by atoms with van der Waals surface area (Å²) in [6.07, 6.45) is 5.36. The lowest BCUT2D eigenvalue weighted by atomic mass is 9.96. The summed E-state index contributed by atoms with van der Waals surface area (Å²) in [7, 11) is -2.22. The van der Waals surface area contributed by atoms with Crippen LogP contribution in [0.5, 0.6) is 0 Å². The molecular formula is C16H20N4O3S. The molecule has 7 nitrogen and oxygen atoms in total. The first-order valence-electron chi connectivity index (χ1n) is 7.83. The highest BCUT2D eigenvalue weighted by molar-refractivity contribution is 7.89. The van der Waals surface area contributed by atoms with Gasteiger partial charge in [-0.05, 0) is 38.1 Å². The van der Waals surface area contributed by atoms with Gasteiger partial charge in [0.05, 0.1) is 4.90 Å². The average molecular weight is 348 g/mol. The van der Waals surface area contributed by atoms with Gasteiger partial charge in [-0.15, -0.1) is 0 Å². The van der Waals surface area contributed by atoms with Crippen LogP contribution in [0.1, 0.15) is 34.9 Å². The molecule has 1 aromatic heterocycles. The van der Waals surface area contributed by atoms with Crippen molar-refractivity contribution >= 4 is 15.9 Å². The third kappa shape index (κ3) is 3.34. The van der Waals surface area contributed by atoms with Gasteiger partial charge in [-0.2, -0.15) is 0 Å². The third-order valence-electron chi connectivity index (χ3n) is 4.27. The van der Waals surface area contributed by atoms with Crippen molar-refractivity contribution in [2.75, 3.05) is 20.1 Å². The number of hydrogen-bond acceptors (Lipinski definition) is 4. The zero-order valence-corrected chi connectivity index (χ0v) is 14.2. The smallest absolute Gasteiger partial charge is 0.253 e. The molecule has 1 saturated heterocycles. The standard InChI is InChI=1S/C16H20N4O3S/c1-17-24(22,23)14-6-2-4-12(10-14)16(21)20-9-3-5-13(11-20)15-18-7-8-19-15/h2,4,6-8,10,13,17H,3,5,9,11H2,1H3,(H,18,19). The monoisotopic (exact) mass is 348 g/mol. The van der Waals surface area contributed by atoms with Crippen LogP contribution in [-0.4, -0.2) is 49.3 Å². The molecule has 2 aromatic rings. The van der Waals surface area contributed by atoms with Gasteiger partial charge in [-0.1, -0.05) is 6.07 Å². The van der Waals surface area contributed by atoms with Crippen LogP contribution in [0.3, 0.4) is 0 Å². The normalized spacial score (nSPS) is 18.5. The number of hydrogen-bond donors (Lipinski definition) is 2. The molecule has 0 radical (unpaired) electrons. The van der Waals surface area contributed by atoms with E-state index in [1.54, 1.807) is 29.4 Å². The summed E-state index contributed by atoms with van der Waals surface area (Å²) in [6.45, 7) is 1.24. The van der Waals surface area contributed by atoms with Gasteiger partial charge in [0.15, 0.2) is 0 Å². The minimum atomic E-state index is -3.57. The number of carbonyl (C=O) groups is 1. The zero-order chi connectivity index (χ0) is 17.2. The predicted octanol–water partition coefficient (Wildman–Crippen LogP) is 1.34. The van der Waals surface area contributed by atoms with Gasteiger partial charge in [0, 0.05) is 37.0 Å². The lowest BCUT2D eigenvalue weighted by Gasteiger charge is -2.32. The number of aromatic amines is 1. The van der Waals surface area contributed by atoms with Crippen LogP contribution >= 0.6 is 0 Å². The lowest BCUT2D eigenvalue weighted by Crippen LogP contribution is -2.39. The first-order chi connectivity index (χ1) is 11.5. The molecule has 8 heteroatoms. The number of piperidine rings is 1. The average Bonchev–Trinajstić information content (AvgIpc) is 3.16. The van der Waals surface area contributed by atoms with Crippen LogP contribution in [0.15, 0.2) is 41.6 Å². The van der Waals surface area contributed by atoms with E-state index in [-0.39, 0.29) is 16.7 Å². The van der Waals surface area contributed by atoms with Crippen molar-refractivity contribution in [1.82, 2.24) is 19.6 Å². The quantitative estimate of drug-likeness (QED) is 0.871. The molecule has 1 aliphatic rings. The second-order valence-corrected chi connectivity index (χ2v) is 7.69. The fraction of sp³-hybridized carbons (Fsp3) is 0.375. The molecule has 24 heavy (non-hydrogen) atoms. The molecule has 0 aliphatic carbocycles. The minimum absolute atomic E-state index is 0.0930. The number of nitrogens with zero attached hydrogens (tertiary/aromatic N) is 2. The Bertz CT molecular complexity index is 818. The van der Waals surface area contributed by atoms with Crippen molar-refractivity contribution in [2.45, 2.75) is 23.7 Å². The first kappa shape index (κ1) is 16.7. The molecule has 0 bridgehead atoms. The van der Waals surface area contributed by atoms with Crippen LogP contribution in [0.2, 0.25) is 0 Å². The molecule has 1 unspecified atom stereocenters. The largest absolute Gasteiger partial charge is 0.348 e. The third-order valence-corrected chi connectivity index (χ3v) is 5.69. The molecule has 1 fully saturated rings. The van der Waals surface area contributed by atoms with E-state index in [0.29, 0.717) is 18.7 Å². The number of likely N-dealkylation sites (tertiary alicyclic amines) is 1. The van der Waals surface area contributed by atoms with Crippen LogP contribution < -0.4 is 4.72 Å². The Hall–Kier alpha value is -2.19. The molecule has 0 saturated carbocycles. The number of nitrogens with one attached hydrogen (secondary N) is 2. The number of aromatic nitrogens is 2. The number of sulfonamides is 1. The fourth-order valence-electron chi connectivity index (χ4n) is 2.98. The molecule has 0 spiro atoms. The van der Waals surface area contributed by atoms with Gasteiger partial charge in [0.25, 0.3) is 5.91 Å². The molecule has 1 aliphatic heterocycles. The van der Waals surface area contributed by atoms with Gasteiger partial charge >= 0.3 is 0 Å². The highest BCUT2D eigenvalue weighted by Crippen LogP contribution is 2.25. The zero-order valence-electron chi connectivity index (χ0n) is 13.4. The molecule has 2 N–H and O–H groups in total. The van der Waals surface area contributed by atoms with E-state index in [9.17, 15) is 13.2 Å². The molecule has 1 aromatic carbocycles. The summed E-state index contributed by atoms with van der Waals surface area (Å²) >= 11 is 0. The van der Waals surface area contributed by atoms with Crippen molar-refractivity contribution in [3.63, 3.8) is 0 Å². The second-order valence-electron chi connectivity index (χ2n) is 5.80. The number of imidazole rings is 1. The highest BCUT2D eigenvalue weighted by Gasteiger charge is 2.27. The van der Waals surface area contributed by atoms with Crippen molar-refractivity contribution in [2.24, 2.45) is 0 Å². The Balaban J connectivity index is 1.80. The summed E-state index contributed by atoms with van der Waals surface area (Å²) in [5.41, 5.74) is 0.381. The lowest BCUT2D eigenvalue weighted by molar-refractivity contribution is 0.0704. The highest BCUT2D eigenvalue weighted by atomic mass is 32.2. The number of benzene rings is 1. The van der Waals surface area contributed by atoms with E-state index >= 15 is 0 Å². The molecular weight excluding hydrogens is 328 g/mol. The van der Waals surface area contributed by atoms with Crippen molar-refractivity contribution in [3.8, 4) is 0 Å². The van der Waals surface area contributed by atoms with Crippen molar-refractivity contribution in [1.29, 1.82) is 0 Å². The number of rotatable bonds is 4. The topological polar surface area (TPSA) is 95.2 Å². The van der Waals surface area contributed by atoms with E-state index in [1.165, 1.54) is 19.2 Å². The maximum atomic E-state index is 12.8. The molecule has 128 valence electrons. The van der Waals surface area contributed by atoms with Gasteiger partial charge in [-0.3, -0.25) is 4.79 Å². The first-order valence-corrected chi connectivity index (χ1v) is 9.32. The van der Waals surface area contributed by atoms with E-state index in [4.69, 9.17) is 0 Å². The Morgan fingerprint density at radius 3 is 2.96 bits per heavy atom. The van der Waals surface area contributed by atoms with Crippen LogP contribution in [0.4, 0.5) is 0 Å². The SMILES string of the molecule is CNS(=O)(=O)c1cccc(C(=O)N2CCCC(c3ncc[nH]3)C2)c1. The Labute approximate surface area is 141 Å². The van der Waals surface area contributed by atoms with E-state index in [2.05, 4.69) is 14.7 Å². The number of H-pyrrole nitrogens is 1. The second kappa shape index (κ2) is 6.74. The van der Waals surface area contributed by atoms with Crippen molar-refractivity contribution < 1.29 is 13.2 Å². The van der Waals surface area contributed by atoms with Crippen LogP contribution in [0.25, 0.3) is 0 Å². The summed E-state index contributed by atoms with van der Waals surface area (Å²) < 4.78 is 26.1. The maximum Gasteiger partial charge on any atom is 0.253 e. The van der Waals surface area contributed by atoms with Gasteiger partial charge < -0.3 is 9.88 Å². The van der Waals surface area contributed by atoms with Crippen LogP contribution in [0, 0.1) is 0 Å². The molecule has 1 atom stereocenters. The minimum Gasteiger partial charge on any atom is -0.348 e. The van der Waals surface area contributed by atoms with E-state index in [1.807, 2.05) is 0 Å². The molecule has 2 heterocycles. The number of carbonyl (C=O) groups excluding carboxylic acids is 1. The summed E-state index contributed by atoms with van der Waals surface area (Å²) in [6, 6.07) is 6.13. The predicted molar refractivity (Wildman–Crippen MR) is 89.2 cm³/mol. The van der Waals surface area contributed by atoms with Gasteiger partial charge in [-0.25, -0.2) is 18.1 Å². The Morgan fingerprint density at radius 2 is 2.25 bits per heavy atom. The summed E-state index contributed by atoms with van der Waals surface area (Å²) in [5.74, 6) is 0.917. The Kier molecular flexibility index (Phi) is 4.68. The van der Waals surface area contributed by atoms with Crippen molar-refractivity contribution in [3.05, 3.63) is 48.0 Å². The van der Waals surface area contributed by atoms with Crippen LogP contribution in [-0.2, 0) is 10.0 Å². The van der Waals surface area contributed by atoms with Gasteiger partial charge in [0.1, 0.15) is 5.82 Å².